The highest BCUT2D eigenvalue weighted by atomic mass is 16.5. The van der Waals surface area contributed by atoms with Crippen LogP contribution in [0.15, 0.2) is 30.3 Å². The normalized spacial score (nSPS) is 13.1. The quantitative estimate of drug-likeness (QED) is 0.820. The monoisotopic (exact) mass is 232 g/mol. The van der Waals surface area contributed by atoms with Gasteiger partial charge in [0.25, 0.3) is 0 Å². The van der Waals surface area contributed by atoms with E-state index in [9.17, 15) is 0 Å². The molecule has 92 valence electrons. The molecule has 0 saturated heterocycles. The molecule has 3 nitrogen and oxygen atoms in total. The van der Waals surface area contributed by atoms with Gasteiger partial charge in [0, 0.05) is 18.7 Å². The topological polar surface area (TPSA) is 45.0 Å². The SMILES string of the molecule is COCC(C)(C)NC(CC#N)c1ccccc1. The van der Waals surface area contributed by atoms with Crippen molar-refractivity contribution in [1.29, 1.82) is 5.26 Å². The first-order chi connectivity index (χ1) is 8.09. The fourth-order valence-corrected chi connectivity index (χ4v) is 1.90. The van der Waals surface area contributed by atoms with Gasteiger partial charge in [-0.3, -0.25) is 0 Å². The van der Waals surface area contributed by atoms with Crippen molar-refractivity contribution in [2.24, 2.45) is 0 Å². The third-order valence-electron chi connectivity index (χ3n) is 2.57. The summed E-state index contributed by atoms with van der Waals surface area (Å²) >= 11 is 0. The van der Waals surface area contributed by atoms with Crippen molar-refractivity contribution in [3.8, 4) is 6.07 Å². The van der Waals surface area contributed by atoms with E-state index in [1.54, 1.807) is 7.11 Å². The van der Waals surface area contributed by atoms with Crippen LogP contribution in [0.1, 0.15) is 31.9 Å². The van der Waals surface area contributed by atoms with E-state index in [0.29, 0.717) is 13.0 Å². The molecule has 3 heteroatoms. The molecule has 1 rings (SSSR count). The fourth-order valence-electron chi connectivity index (χ4n) is 1.90. The first-order valence-electron chi connectivity index (χ1n) is 5.77. The number of rotatable bonds is 6. The summed E-state index contributed by atoms with van der Waals surface area (Å²) in [4.78, 5) is 0. The Morgan fingerprint density at radius 1 is 1.35 bits per heavy atom. The minimum absolute atomic E-state index is 0.0475. The lowest BCUT2D eigenvalue weighted by Crippen LogP contribution is -2.45. The lowest BCUT2D eigenvalue weighted by molar-refractivity contribution is 0.121. The van der Waals surface area contributed by atoms with Crippen molar-refractivity contribution in [3.05, 3.63) is 35.9 Å². The molecule has 17 heavy (non-hydrogen) atoms. The van der Waals surface area contributed by atoms with Crippen LogP contribution in [0.3, 0.4) is 0 Å². The number of hydrogen-bond donors (Lipinski definition) is 1. The van der Waals surface area contributed by atoms with Crippen LogP contribution < -0.4 is 5.32 Å². The summed E-state index contributed by atoms with van der Waals surface area (Å²) in [6, 6.07) is 12.3. The summed E-state index contributed by atoms with van der Waals surface area (Å²) < 4.78 is 5.18. The van der Waals surface area contributed by atoms with Crippen LogP contribution in [0.5, 0.6) is 0 Å². The fraction of sp³-hybridized carbons (Fsp3) is 0.500. The second-order valence-electron chi connectivity index (χ2n) is 4.79. The summed E-state index contributed by atoms with van der Waals surface area (Å²) in [6.45, 7) is 4.76. The van der Waals surface area contributed by atoms with E-state index in [4.69, 9.17) is 10.00 Å². The van der Waals surface area contributed by atoms with Crippen LogP contribution in [0.25, 0.3) is 0 Å². The molecule has 0 saturated carbocycles. The van der Waals surface area contributed by atoms with Crippen LogP contribution in [-0.2, 0) is 4.74 Å². The van der Waals surface area contributed by atoms with Crippen molar-refractivity contribution >= 4 is 0 Å². The molecule has 1 aromatic rings. The van der Waals surface area contributed by atoms with Gasteiger partial charge in [-0.25, -0.2) is 0 Å². The van der Waals surface area contributed by atoms with Gasteiger partial charge in [0.2, 0.25) is 0 Å². The van der Waals surface area contributed by atoms with E-state index in [1.165, 1.54) is 0 Å². The zero-order valence-corrected chi connectivity index (χ0v) is 10.7. The molecule has 1 N–H and O–H groups in total. The number of nitrogens with zero attached hydrogens (tertiary/aromatic N) is 1. The third-order valence-corrected chi connectivity index (χ3v) is 2.57. The van der Waals surface area contributed by atoms with E-state index < -0.39 is 0 Å². The van der Waals surface area contributed by atoms with Gasteiger partial charge in [-0.05, 0) is 19.4 Å². The predicted octanol–water partition coefficient (Wildman–Crippen LogP) is 2.66. The van der Waals surface area contributed by atoms with E-state index in [0.717, 1.165) is 5.56 Å². The number of nitrogens with one attached hydrogen (secondary N) is 1. The minimum Gasteiger partial charge on any atom is -0.383 e. The van der Waals surface area contributed by atoms with Crippen molar-refractivity contribution in [2.75, 3.05) is 13.7 Å². The number of methoxy groups -OCH3 is 1. The second-order valence-corrected chi connectivity index (χ2v) is 4.79. The van der Waals surface area contributed by atoms with Crippen molar-refractivity contribution in [1.82, 2.24) is 5.32 Å². The molecule has 0 aromatic heterocycles. The zero-order chi connectivity index (χ0) is 12.7. The second kappa shape index (κ2) is 6.39. The highest BCUT2D eigenvalue weighted by Crippen LogP contribution is 2.19. The van der Waals surface area contributed by atoms with E-state index in [1.807, 2.05) is 30.3 Å². The third kappa shape index (κ3) is 4.56. The van der Waals surface area contributed by atoms with Crippen LogP contribution in [0, 0.1) is 11.3 Å². The molecule has 0 radical (unpaired) electrons. The Labute approximate surface area is 103 Å². The first-order valence-corrected chi connectivity index (χ1v) is 5.77. The van der Waals surface area contributed by atoms with Gasteiger partial charge in [0.1, 0.15) is 0 Å². The van der Waals surface area contributed by atoms with Gasteiger partial charge in [0.15, 0.2) is 0 Å². The average molecular weight is 232 g/mol. The molecule has 0 bridgehead atoms. The lowest BCUT2D eigenvalue weighted by Gasteiger charge is -2.30. The van der Waals surface area contributed by atoms with Crippen molar-refractivity contribution in [3.63, 3.8) is 0 Å². The number of hydrogen-bond acceptors (Lipinski definition) is 3. The largest absolute Gasteiger partial charge is 0.383 e. The molecule has 0 fully saturated rings. The average Bonchev–Trinajstić information content (AvgIpc) is 2.29. The summed E-state index contributed by atoms with van der Waals surface area (Å²) in [5.74, 6) is 0. The highest BCUT2D eigenvalue weighted by Gasteiger charge is 2.22. The van der Waals surface area contributed by atoms with Crippen LogP contribution in [0.4, 0.5) is 0 Å². The Morgan fingerprint density at radius 3 is 2.53 bits per heavy atom. The highest BCUT2D eigenvalue weighted by molar-refractivity contribution is 5.20. The maximum Gasteiger partial charge on any atom is 0.0641 e. The summed E-state index contributed by atoms with van der Waals surface area (Å²) in [5, 5.41) is 12.4. The zero-order valence-electron chi connectivity index (χ0n) is 10.7. The predicted molar refractivity (Wildman–Crippen MR) is 68.5 cm³/mol. The van der Waals surface area contributed by atoms with Gasteiger partial charge in [0.05, 0.1) is 19.1 Å². The molecule has 0 spiro atoms. The number of nitriles is 1. The molecule has 1 atom stereocenters. The van der Waals surface area contributed by atoms with Gasteiger partial charge < -0.3 is 10.1 Å². The Balaban J connectivity index is 2.78. The van der Waals surface area contributed by atoms with E-state index >= 15 is 0 Å². The van der Waals surface area contributed by atoms with Crippen LogP contribution in [0.2, 0.25) is 0 Å². The van der Waals surface area contributed by atoms with Crippen molar-refractivity contribution < 1.29 is 4.74 Å². The molecule has 0 aliphatic heterocycles. The number of ether oxygens (including phenoxy) is 1. The first kappa shape index (κ1) is 13.7. The summed E-state index contributed by atoms with van der Waals surface area (Å²) in [6.07, 6.45) is 0.456. The Morgan fingerprint density at radius 2 is 2.00 bits per heavy atom. The van der Waals surface area contributed by atoms with Gasteiger partial charge >= 0.3 is 0 Å². The van der Waals surface area contributed by atoms with Crippen LogP contribution in [-0.4, -0.2) is 19.3 Å². The Bertz CT molecular complexity index is 368. The molecular weight excluding hydrogens is 212 g/mol. The molecule has 0 aliphatic rings. The Kier molecular flexibility index (Phi) is 5.14. The van der Waals surface area contributed by atoms with E-state index in [-0.39, 0.29) is 11.6 Å². The smallest absolute Gasteiger partial charge is 0.0641 e. The summed E-state index contributed by atoms with van der Waals surface area (Å²) in [7, 11) is 1.69. The molecule has 1 aromatic carbocycles. The minimum atomic E-state index is -0.147. The molecule has 0 aliphatic carbocycles. The summed E-state index contributed by atoms with van der Waals surface area (Å²) in [5.41, 5.74) is 0.991. The molecular formula is C14H20N2O. The molecule has 1 unspecified atom stereocenters. The van der Waals surface area contributed by atoms with Gasteiger partial charge in [-0.1, -0.05) is 30.3 Å². The van der Waals surface area contributed by atoms with Crippen LogP contribution >= 0.6 is 0 Å². The van der Waals surface area contributed by atoms with Crippen molar-refractivity contribution in [2.45, 2.75) is 31.8 Å². The standard InChI is InChI=1S/C14H20N2O/c1-14(2,11-17-3)16-13(9-10-15)12-7-5-4-6-8-12/h4-8,13,16H,9,11H2,1-3H3. The molecule has 0 amide bonds. The number of benzene rings is 1. The Hall–Kier alpha value is -1.37. The lowest BCUT2D eigenvalue weighted by atomic mass is 9.99. The van der Waals surface area contributed by atoms with Gasteiger partial charge in [-0.15, -0.1) is 0 Å². The maximum atomic E-state index is 8.90. The molecule has 0 heterocycles. The van der Waals surface area contributed by atoms with Gasteiger partial charge in [-0.2, -0.15) is 5.26 Å². The van der Waals surface area contributed by atoms with E-state index in [2.05, 4.69) is 25.2 Å². The maximum absolute atomic E-state index is 8.90.